The number of carbonyl (C=O) groups is 2. The van der Waals surface area contributed by atoms with Crippen LogP contribution in [0.25, 0.3) is 10.1 Å². The second kappa shape index (κ2) is 8.15. The maximum absolute atomic E-state index is 12.3. The first kappa shape index (κ1) is 18.3. The molecule has 2 rings (SSSR count). The van der Waals surface area contributed by atoms with Gasteiger partial charge < -0.3 is 14.2 Å². The number of ether oxygens (including phenoxy) is 3. The standard InChI is InChI=1S/C18H22O5S/c1-5-22-18(20)7-6-13(19)17-9-12-8-15(23-11(2)3)14(21-4)10-16(12)24-17/h8-11H,5-7H2,1-4H3. The van der Waals surface area contributed by atoms with E-state index in [9.17, 15) is 9.59 Å². The summed E-state index contributed by atoms with van der Waals surface area (Å²) in [6, 6.07) is 5.59. The molecule has 1 aromatic heterocycles. The maximum atomic E-state index is 12.3. The molecular weight excluding hydrogens is 328 g/mol. The predicted octanol–water partition coefficient (Wildman–Crippen LogP) is 4.22. The Morgan fingerprint density at radius 1 is 1.12 bits per heavy atom. The topological polar surface area (TPSA) is 61.8 Å². The molecule has 0 amide bonds. The van der Waals surface area contributed by atoms with Gasteiger partial charge in [0.1, 0.15) is 0 Å². The van der Waals surface area contributed by atoms with Gasteiger partial charge in [-0.15, -0.1) is 11.3 Å². The van der Waals surface area contributed by atoms with Crippen molar-refractivity contribution in [2.75, 3.05) is 13.7 Å². The van der Waals surface area contributed by atoms with Gasteiger partial charge >= 0.3 is 5.97 Å². The minimum atomic E-state index is -0.346. The lowest BCUT2D eigenvalue weighted by molar-refractivity contribution is -0.143. The van der Waals surface area contributed by atoms with Crippen molar-refractivity contribution in [1.29, 1.82) is 0 Å². The van der Waals surface area contributed by atoms with Gasteiger partial charge in [0.15, 0.2) is 17.3 Å². The lowest BCUT2D eigenvalue weighted by atomic mass is 10.1. The van der Waals surface area contributed by atoms with Crippen molar-refractivity contribution < 1.29 is 23.8 Å². The highest BCUT2D eigenvalue weighted by molar-refractivity contribution is 7.20. The number of benzene rings is 1. The molecule has 0 aliphatic carbocycles. The van der Waals surface area contributed by atoms with E-state index in [1.807, 2.05) is 32.0 Å². The number of carbonyl (C=O) groups excluding carboxylic acids is 2. The Morgan fingerprint density at radius 2 is 1.88 bits per heavy atom. The fourth-order valence-corrected chi connectivity index (χ4v) is 3.30. The van der Waals surface area contributed by atoms with Crippen LogP contribution in [0.15, 0.2) is 18.2 Å². The number of Topliss-reactive ketones (excluding diaryl/α,β-unsaturated/α-hetero) is 1. The van der Waals surface area contributed by atoms with Gasteiger partial charge in [0.25, 0.3) is 0 Å². The number of hydrogen-bond donors (Lipinski definition) is 0. The SMILES string of the molecule is CCOC(=O)CCC(=O)c1cc2cc(OC(C)C)c(OC)cc2s1. The van der Waals surface area contributed by atoms with Gasteiger partial charge in [-0.05, 0) is 38.3 Å². The molecule has 6 heteroatoms. The van der Waals surface area contributed by atoms with Crippen LogP contribution in [0.4, 0.5) is 0 Å². The summed E-state index contributed by atoms with van der Waals surface area (Å²) in [5.74, 6) is 0.891. The summed E-state index contributed by atoms with van der Waals surface area (Å²) < 4.78 is 16.9. The molecule has 0 N–H and O–H groups in total. The van der Waals surface area contributed by atoms with Gasteiger partial charge in [-0.1, -0.05) is 0 Å². The minimum Gasteiger partial charge on any atom is -0.493 e. The van der Waals surface area contributed by atoms with E-state index in [-0.39, 0.29) is 30.7 Å². The van der Waals surface area contributed by atoms with Crippen LogP contribution < -0.4 is 9.47 Å². The van der Waals surface area contributed by atoms with Crippen LogP contribution in [-0.4, -0.2) is 31.6 Å². The molecule has 0 atom stereocenters. The number of hydrogen-bond acceptors (Lipinski definition) is 6. The van der Waals surface area contributed by atoms with Crippen molar-refractivity contribution in [2.45, 2.75) is 39.7 Å². The van der Waals surface area contributed by atoms with Crippen LogP contribution >= 0.6 is 11.3 Å². The van der Waals surface area contributed by atoms with Crippen molar-refractivity contribution in [2.24, 2.45) is 0 Å². The Kier molecular flexibility index (Phi) is 6.20. The third-order valence-electron chi connectivity index (χ3n) is 3.30. The van der Waals surface area contributed by atoms with E-state index >= 15 is 0 Å². The Hall–Kier alpha value is -2.08. The molecule has 0 radical (unpaired) electrons. The zero-order chi connectivity index (χ0) is 17.7. The van der Waals surface area contributed by atoms with E-state index in [0.29, 0.717) is 23.0 Å². The third-order valence-corrected chi connectivity index (χ3v) is 4.44. The van der Waals surface area contributed by atoms with E-state index in [1.165, 1.54) is 11.3 Å². The van der Waals surface area contributed by atoms with Crippen LogP contribution in [0, 0.1) is 0 Å². The average molecular weight is 350 g/mol. The Morgan fingerprint density at radius 3 is 2.50 bits per heavy atom. The van der Waals surface area contributed by atoms with E-state index in [2.05, 4.69) is 0 Å². The number of thiophene rings is 1. The van der Waals surface area contributed by atoms with Crippen LogP contribution in [0.1, 0.15) is 43.3 Å². The molecule has 24 heavy (non-hydrogen) atoms. The lowest BCUT2D eigenvalue weighted by Crippen LogP contribution is -2.07. The average Bonchev–Trinajstić information content (AvgIpc) is 2.94. The van der Waals surface area contributed by atoms with Crippen LogP contribution in [0.2, 0.25) is 0 Å². The van der Waals surface area contributed by atoms with Crippen molar-refractivity contribution in [3.63, 3.8) is 0 Å². The summed E-state index contributed by atoms with van der Waals surface area (Å²) >= 11 is 1.39. The fraction of sp³-hybridized carbons (Fsp3) is 0.444. The molecule has 1 aromatic carbocycles. The van der Waals surface area contributed by atoms with E-state index < -0.39 is 0 Å². The molecular formula is C18H22O5S. The molecule has 0 bridgehead atoms. The summed E-state index contributed by atoms with van der Waals surface area (Å²) in [4.78, 5) is 24.3. The van der Waals surface area contributed by atoms with Gasteiger partial charge in [-0.25, -0.2) is 0 Å². The summed E-state index contributed by atoms with van der Waals surface area (Å²) in [6.45, 7) is 5.97. The Labute approximate surface area is 145 Å². The van der Waals surface area contributed by atoms with E-state index in [0.717, 1.165) is 10.1 Å². The van der Waals surface area contributed by atoms with Crippen molar-refractivity contribution >= 4 is 33.2 Å². The predicted molar refractivity (Wildman–Crippen MR) is 94.3 cm³/mol. The molecule has 0 aliphatic heterocycles. The molecule has 130 valence electrons. The molecule has 0 saturated carbocycles. The number of fused-ring (bicyclic) bond motifs is 1. The Balaban J connectivity index is 2.20. The highest BCUT2D eigenvalue weighted by Crippen LogP contribution is 2.37. The van der Waals surface area contributed by atoms with Crippen LogP contribution in [0.5, 0.6) is 11.5 Å². The fourth-order valence-electron chi connectivity index (χ4n) is 2.26. The highest BCUT2D eigenvalue weighted by Gasteiger charge is 2.16. The zero-order valence-corrected chi connectivity index (χ0v) is 15.2. The summed E-state index contributed by atoms with van der Waals surface area (Å²) in [6.07, 6.45) is 0.282. The van der Waals surface area contributed by atoms with Crippen LogP contribution in [-0.2, 0) is 9.53 Å². The highest BCUT2D eigenvalue weighted by atomic mass is 32.1. The third kappa shape index (κ3) is 4.47. The number of rotatable bonds is 8. The number of methoxy groups -OCH3 is 1. The van der Waals surface area contributed by atoms with Gasteiger partial charge in [0, 0.05) is 17.2 Å². The normalized spacial score (nSPS) is 10.9. The van der Waals surface area contributed by atoms with Crippen molar-refractivity contribution in [3.05, 3.63) is 23.1 Å². The smallest absolute Gasteiger partial charge is 0.306 e. The van der Waals surface area contributed by atoms with Gasteiger partial charge in [-0.2, -0.15) is 0 Å². The molecule has 1 heterocycles. The maximum Gasteiger partial charge on any atom is 0.306 e. The van der Waals surface area contributed by atoms with Crippen molar-refractivity contribution in [3.8, 4) is 11.5 Å². The molecule has 2 aromatic rings. The minimum absolute atomic E-state index is 0.0284. The van der Waals surface area contributed by atoms with Crippen LogP contribution in [0.3, 0.4) is 0 Å². The van der Waals surface area contributed by atoms with Gasteiger partial charge in [-0.3, -0.25) is 9.59 Å². The molecule has 0 spiro atoms. The molecule has 0 unspecified atom stereocenters. The first-order chi connectivity index (χ1) is 11.4. The Bertz CT molecular complexity index is 732. The molecule has 0 fully saturated rings. The van der Waals surface area contributed by atoms with E-state index in [4.69, 9.17) is 14.2 Å². The zero-order valence-electron chi connectivity index (χ0n) is 14.4. The largest absolute Gasteiger partial charge is 0.493 e. The number of esters is 1. The molecule has 5 nitrogen and oxygen atoms in total. The number of ketones is 1. The molecule has 0 aliphatic rings. The monoisotopic (exact) mass is 350 g/mol. The summed E-state index contributed by atoms with van der Waals surface area (Å²) in [5.41, 5.74) is 0. The van der Waals surface area contributed by atoms with E-state index in [1.54, 1.807) is 14.0 Å². The molecule has 0 saturated heterocycles. The quantitative estimate of drug-likeness (QED) is 0.527. The first-order valence-electron chi connectivity index (χ1n) is 7.91. The summed E-state index contributed by atoms with van der Waals surface area (Å²) in [5, 5.41) is 0.927. The lowest BCUT2D eigenvalue weighted by Gasteiger charge is -2.13. The van der Waals surface area contributed by atoms with Gasteiger partial charge in [0.05, 0.1) is 31.1 Å². The second-order valence-corrected chi connectivity index (χ2v) is 6.63. The second-order valence-electron chi connectivity index (χ2n) is 5.55. The van der Waals surface area contributed by atoms with Crippen molar-refractivity contribution in [1.82, 2.24) is 0 Å². The van der Waals surface area contributed by atoms with Gasteiger partial charge in [0.2, 0.25) is 0 Å². The first-order valence-corrected chi connectivity index (χ1v) is 8.73. The summed E-state index contributed by atoms with van der Waals surface area (Å²) in [7, 11) is 1.59.